The zero-order valence-electron chi connectivity index (χ0n) is 15.2. The summed E-state index contributed by atoms with van der Waals surface area (Å²) >= 11 is 0. The first-order chi connectivity index (χ1) is 12.9. The van der Waals surface area contributed by atoms with Gasteiger partial charge in [-0.1, -0.05) is 6.07 Å². The van der Waals surface area contributed by atoms with Gasteiger partial charge in [-0.15, -0.1) is 0 Å². The van der Waals surface area contributed by atoms with Crippen LogP contribution in [0.25, 0.3) is 0 Å². The van der Waals surface area contributed by atoms with E-state index in [1.807, 2.05) is 13.0 Å². The second-order valence-electron chi connectivity index (χ2n) is 6.75. The molecule has 1 aliphatic rings. The van der Waals surface area contributed by atoms with E-state index in [0.29, 0.717) is 42.9 Å². The number of urea groups is 1. The van der Waals surface area contributed by atoms with Crippen molar-refractivity contribution < 1.29 is 14.0 Å². The highest BCUT2D eigenvalue weighted by Gasteiger charge is 2.25. The van der Waals surface area contributed by atoms with Crippen LogP contribution >= 0.6 is 0 Å². The van der Waals surface area contributed by atoms with Crippen molar-refractivity contribution in [3.05, 3.63) is 59.4 Å². The number of aryl methyl sites for hydroxylation is 1. The molecular formula is C20H23FN4O2. The molecule has 1 aliphatic heterocycles. The summed E-state index contributed by atoms with van der Waals surface area (Å²) in [4.78, 5) is 26.6. The van der Waals surface area contributed by atoms with Gasteiger partial charge in [0.25, 0.3) is 5.91 Å². The van der Waals surface area contributed by atoms with E-state index in [0.717, 1.165) is 5.56 Å². The highest BCUT2D eigenvalue weighted by molar-refractivity contribution is 5.96. The predicted molar refractivity (Wildman–Crippen MR) is 103 cm³/mol. The molecule has 4 N–H and O–H groups in total. The van der Waals surface area contributed by atoms with Crippen LogP contribution in [0.4, 0.5) is 20.6 Å². The van der Waals surface area contributed by atoms with Crippen LogP contribution in [0.2, 0.25) is 0 Å². The summed E-state index contributed by atoms with van der Waals surface area (Å²) in [7, 11) is 0. The van der Waals surface area contributed by atoms with E-state index >= 15 is 0 Å². The number of anilines is 2. The lowest BCUT2D eigenvalue weighted by Crippen LogP contribution is -2.47. The monoisotopic (exact) mass is 370 g/mol. The highest BCUT2D eigenvalue weighted by atomic mass is 19.1. The molecular weight excluding hydrogens is 347 g/mol. The number of nitrogens with two attached hydrogens (primary N) is 1. The molecule has 7 heteroatoms. The summed E-state index contributed by atoms with van der Waals surface area (Å²) in [6.45, 7) is 3.02. The molecule has 0 atom stereocenters. The number of nitrogen functional groups attached to an aromatic ring is 1. The first kappa shape index (κ1) is 18.7. The molecule has 0 saturated carbocycles. The minimum atomic E-state index is -0.353. The first-order valence-electron chi connectivity index (χ1n) is 8.91. The lowest BCUT2D eigenvalue weighted by atomic mass is 10.0. The predicted octanol–water partition coefficient (Wildman–Crippen LogP) is 3.14. The largest absolute Gasteiger partial charge is 0.399 e. The molecule has 1 fully saturated rings. The van der Waals surface area contributed by atoms with Crippen molar-refractivity contribution in [2.24, 2.45) is 0 Å². The Bertz CT molecular complexity index is 830. The number of halogens is 1. The number of amides is 3. The topological polar surface area (TPSA) is 87.5 Å². The first-order valence-corrected chi connectivity index (χ1v) is 8.91. The summed E-state index contributed by atoms with van der Waals surface area (Å²) in [6, 6.07) is 10.6. The van der Waals surface area contributed by atoms with Crippen LogP contribution in [0.1, 0.15) is 28.8 Å². The van der Waals surface area contributed by atoms with Crippen molar-refractivity contribution in [2.75, 3.05) is 24.1 Å². The Labute approximate surface area is 157 Å². The summed E-state index contributed by atoms with van der Waals surface area (Å²) in [5, 5.41) is 5.58. The Balaban J connectivity index is 1.51. The smallest absolute Gasteiger partial charge is 0.319 e. The molecule has 0 bridgehead atoms. The maximum atomic E-state index is 12.9. The summed E-state index contributed by atoms with van der Waals surface area (Å²) in [5.41, 5.74) is 8.41. The van der Waals surface area contributed by atoms with Crippen molar-refractivity contribution in [2.45, 2.75) is 25.8 Å². The molecule has 6 nitrogen and oxygen atoms in total. The number of piperidine rings is 1. The molecule has 0 unspecified atom stereocenters. The van der Waals surface area contributed by atoms with Gasteiger partial charge in [0, 0.05) is 36.1 Å². The quantitative estimate of drug-likeness (QED) is 0.726. The number of hydrogen-bond acceptors (Lipinski definition) is 3. The average Bonchev–Trinajstić information content (AvgIpc) is 2.65. The van der Waals surface area contributed by atoms with Crippen molar-refractivity contribution in [1.82, 2.24) is 10.2 Å². The minimum Gasteiger partial charge on any atom is -0.399 e. The van der Waals surface area contributed by atoms with Crippen molar-refractivity contribution in [3.8, 4) is 0 Å². The van der Waals surface area contributed by atoms with Gasteiger partial charge in [-0.05, 0) is 61.7 Å². The maximum absolute atomic E-state index is 12.9. The minimum absolute atomic E-state index is 0.0172. The van der Waals surface area contributed by atoms with Crippen LogP contribution in [-0.2, 0) is 0 Å². The Morgan fingerprint density at radius 2 is 1.78 bits per heavy atom. The number of carbonyl (C=O) groups is 2. The number of likely N-dealkylation sites (tertiary alicyclic amines) is 1. The van der Waals surface area contributed by atoms with Crippen LogP contribution in [0, 0.1) is 12.7 Å². The van der Waals surface area contributed by atoms with E-state index in [-0.39, 0.29) is 23.8 Å². The van der Waals surface area contributed by atoms with Crippen molar-refractivity contribution >= 4 is 23.3 Å². The van der Waals surface area contributed by atoms with E-state index in [2.05, 4.69) is 10.6 Å². The van der Waals surface area contributed by atoms with Gasteiger partial charge >= 0.3 is 6.03 Å². The van der Waals surface area contributed by atoms with E-state index in [4.69, 9.17) is 5.73 Å². The summed E-state index contributed by atoms with van der Waals surface area (Å²) < 4.78 is 12.9. The normalized spacial score (nSPS) is 14.7. The number of hydrogen-bond donors (Lipinski definition) is 3. The SMILES string of the molecule is Cc1ccc(N)cc1C(=O)N1CCC(NC(=O)Nc2ccc(F)cc2)CC1. The van der Waals surface area contributed by atoms with E-state index in [1.54, 1.807) is 17.0 Å². The number of carbonyl (C=O) groups excluding carboxylic acids is 2. The zero-order chi connectivity index (χ0) is 19.4. The van der Waals surface area contributed by atoms with Gasteiger partial charge in [0.1, 0.15) is 5.82 Å². The lowest BCUT2D eigenvalue weighted by Gasteiger charge is -2.32. The second kappa shape index (κ2) is 8.07. The molecule has 142 valence electrons. The Hall–Kier alpha value is -3.09. The molecule has 1 heterocycles. The molecule has 0 radical (unpaired) electrons. The molecule has 3 amide bonds. The van der Waals surface area contributed by atoms with E-state index in [9.17, 15) is 14.0 Å². The van der Waals surface area contributed by atoms with E-state index in [1.165, 1.54) is 24.3 Å². The number of benzene rings is 2. The molecule has 27 heavy (non-hydrogen) atoms. The Morgan fingerprint density at radius 1 is 1.11 bits per heavy atom. The van der Waals surface area contributed by atoms with Gasteiger partial charge < -0.3 is 21.3 Å². The van der Waals surface area contributed by atoms with Crippen LogP contribution in [0.3, 0.4) is 0 Å². The van der Waals surface area contributed by atoms with Gasteiger partial charge in [0.2, 0.25) is 0 Å². The number of nitrogens with one attached hydrogen (secondary N) is 2. The molecule has 0 aromatic heterocycles. The standard InChI is InChI=1S/C20H23FN4O2/c1-13-2-5-15(22)12-18(13)19(26)25-10-8-17(9-11-25)24-20(27)23-16-6-3-14(21)4-7-16/h2-7,12,17H,8-11,22H2,1H3,(H2,23,24,27). The third-order valence-electron chi connectivity index (χ3n) is 4.71. The molecule has 0 aliphatic carbocycles. The van der Waals surface area contributed by atoms with Crippen molar-refractivity contribution in [1.29, 1.82) is 0 Å². The third kappa shape index (κ3) is 4.75. The highest BCUT2D eigenvalue weighted by Crippen LogP contribution is 2.19. The second-order valence-corrected chi connectivity index (χ2v) is 6.75. The van der Waals surface area contributed by atoms with Crippen LogP contribution in [0.5, 0.6) is 0 Å². The van der Waals surface area contributed by atoms with Gasteiger partial charge in [-0.25, -0.2) is 9.18 Å². The van der Waals surface area contributed by atoms with Gasteiger partial charge in [-0.3, -0.25) is 4.79 Å². The third-order valence-corrected chi connectivity index (χ3v) is 4.71. The van der Waals surface area contributed by atoms with Gasteiger partial charge in [0.05, 0.1) is 0 Å². The molecule has 1 saturated heterocycles. The van der Waals surface area contributed by atoms with Gasteiger partial charge in [-0.2, -0.15) is 0 Å². The van der Waals surface area contributed by atoms with Gasteiger partial charge in [0.15, 0.2) is 0 Å². The lowest BCUT2D eigenvalue weighted by molar-refractivity contribution is 0.0708. The zero-order valence-corrected chi connectivity index (χ0v) is 15.2. The number of rotatable bonds is 3. The molecule has 2 aromatic carbocycles. The molecule has 3 rings (SSSR count). The summed E-state index contributed by atoms with van der Waals surface area (Å²) in [6.07, 6.45) is 1.34. The van der Waals surface area contributed by atoms with E-state index < -0.39 is 0 Å². The average molecular weight is 370 g/mol. The van der Waals surface area contributed by atoms with Crippen molar-refractivity contribution in [3.63, 3.8) is 0 Å². The fourth-order valence-electron chi connectivity index (χ4n) is 3.15. The van der Waals surface area contributed by atoms with Crippen LogP contribution in [-0.4, -0.2) is 36.0 Å². The fourth-order valence-corrected chi connectivity index (χ4v) is 3.15. The fraction of sp³-hybridized carbons (Fsp3) is 0.300. The molecule has 0 spiro atoms. The summed E-state index contributed by atoms with van der Waals surface area (Å²) in [5.74, 6) is -0.387. The Morgan fingerprint density at radius 3 is 2.44 bits per heavy atom. The number of nitrogens with zero attached hydrogens (tertiary/aromatic N) is 1. The molecule has 2 aromatic rings. The Kier molecular flexibility index (Phi) is 5.59. The maximum Gasteiger partial charge on any atom is 0.319 e. The van der Waals surface area contributed by atoms with Crippen LogP contribution < -0.4 is 16.4 Å². The van der Waals surface area contributed by atoms with Crippen LogP contribution in [0.15, 0.2) is 42.5 Å².